The van der Waals surface area contributed by atoms with Gasteiger partial charge >= 0.3 is 12.1 Å². The number of hydrogen-bond acceptors (Lipinski definition) is 4. The fraction of sp³-hybridized carbons (Fsp3) is 0.818. The maximum atomic E-state index is 11.2. The van der Waals surface area contributed by atoms with E-state index >= 15 is 0 Å². The van der Waals surface area contributed by atoms with Crippen LogP contribution >= 0.6 is 0 Å². The van der Waals surface area contributed by atoms with Gasteiger partial charge in [0.25, 0.3) is 0 Å². The first-order valence-corrected chi connectivity index (χ1v) is 5.61. The Kier molecular flexibility index (Phi) is 6.57. The van der Waals surface area contributed by atoms with Gasteiger partial charge in [-0.05, 0) is 27.2 Å². The Labute approximate surface area is 101 Å². The summed E-state index contributed by atoms with van der Waals surface area (Å²) in [6.45, 7) is 7.10. The fourth-order valence-corrected chi connectivity index (χ4v) is 1.15. The highest BCUT2D eigenvalue weighted by Crippen LogP contribution is 2.08. The van der Waals surface area contributed by atoms with E-state index in [1.54, 1.807) is 20.8 Å². The van der Waals surface area contributed by atoms with Crippen LogP contribution in [0.1, 0.15) is 47.0 Å². The number of nitrogens with one attached hydrogen (secondary N) is 1. The summed E-state index contributed by atoms with van der Waals surface area (Å²) in [5, 5.41) is 8.64. The van der Waals surface area contributed by atoms with Crippen LogP contribution in [0.2, 0.25) is 0 Å². The number of carbonyl (C=O) groups excluding carboxylic acids is 1. The average molecular weight is 247 g/mol. The first-order valence-electron chi connectivity index (χ1n) is 5.61. The molecule has 0 fully saturated rings. The minimum atomic E-state index is -0.963. The molecule has 0 saturated heterocycles. The zero-order valence-electron chi connectivity index (χ0n) is 10.8. The van der Waals surface area contributed by atoms with Crippen molar-refractivity contribution in [1.82, 2.24) is 5.48 Å². The maximum absolute atomic E-state index is 11.2. The second kappa shape index (κ2) is 7.11. The van der Waals surface area contributed by atoms with Gasteiger partial charge in [-0.3, -0.25) is 9.63 Å². The van der Waals surface area contributed by atoms with Crippen LogP contribution < -0.4 is 5.48 Å². The number of amides is 1. The van der Waals surface area contributed by atoms with Crippen LogP contribution in [0.25, 0.3) is 0 Å². The Morgan fingerprint density at radius 1 is 1.35 bits per heavy atom. The summed E-state index contributed by atoms with van der Waals surface area (Å²) in [5.74, 6) is -0.963. The molecule has 0 aromatic rings. The summed E-state index contributed by atoms with van der Waals surface area (Å²) >= 11 is 0. The number of carboxylic acid groups (broad SMARTS) is 1. The molecule has 6 nitrogen and oxygen atoms in total. The molecule has 1 atom stereocenters. The molecule has 0 bridgehead atoms. The summed E-state index contributed by atoms with van der Waals surface area (Å²) in [7, 11) is 0. The van der Waals surface area contributed by atoms with E-state index in [2.05, 4.69) is 5.48 Å². The Hall–Kier alpha value is -1.30. The number of rotatable bonds is 6. The number of aliphatic carboxylic acids is 1. The van der Waals surface area contributed by atoms with Crippen LogP contribution in [-0.2, 0) is 14.4 Å². The van der Waals surface area contributed by atoms with Gasteiger partial charge in [-0.2, -0.15) is 5.48 Å². The lowest BCUT2D eigenvalue weighted by molar-refractivity contribution is -0.142. The zero-order chi connectivity index (χ0) is 13.5. The molecule has 0 radical (unpaired) electrons. The van der Waals surface area contributed by atoms with E-state index in [1.165, 1.54) is 0 Å². The van der Waals surface area contributed by atoms with Crippen molar-refractivity contribution in [3.05, 3.63) is 0 Å². The van der Waals surface area contributed by atoms with E-state index in [1.807, 2.05) is 6.92 Å². The van der Waals surface area contributed by atoms with Crippen molar-refractivity contribution in [1.29, 1.82) is 0 Å². The van der Waals surface area contributed by atoms with Gasteiger partial charge in [0.05, 0.1) is 12.5 Å². The summed E-state index contributed by atoms with van der Waals surface area (Å²) in [4.78, 5) is 26.8. The summed E-state index contributed by atoms with van der Waals surface area (Å²) in [6.07, 6.45) is -0.0753. The van der Waals surface area contributed by atoms with E-state index in [0.29, 0.717) is 6.42 Å². The Balaban J connectivity index is 4.03. The predicted molar refractivity (Wildman–Crippen MR) is 61.4 cm³/mol. The molecule has 2 N–H and O–H groups in total. The third-order valence-corrected chi connectivity index (χ3v) is 1.72. The molecule has 0 aromatic heterocycles. The van der Waals surface area contributed by atoms with Gasteiger partial charge in [0.15, 0.2) is 0 Å². The summed E-state index contributed by atoms with van der Waals surface area (Å²) < 4.78 is 4.95. The maximum Gasteiger partial charge on any atom is 0.431 e. The van der Waals surface area contributed by atoms with Gasteiger partial charge < -0.3 is 9.84 Å². The quantitative estimate of drug-likeness (QED) is 0.702. The van der Waals surface area contributed by atoms with Gasteiger partial charge in [-0.15, -0.1) is 0 Å². The van der Waals surface area contributed by atoms with Crippen LogP contribution in [0.3, 0.4) is 0 Å². The Bertz CT molecular complexity index is 259. The van der Waals surface area contributed by atoms with Crippen LogP contribution in [0.4, 0.5) is 4.79 Å². The first-order chi connectivity index (χ1) is 7.74. The molecule has 0 heterocycles. The second-order valence-corrected chi connectivity index (χ2v) is 4.73. The van der Waals surface area contributed by atoms with E-state index in [9.17, 15) is 9.59 Å². The van der Waals surface area contributed by atoms with Crippen LogP contribution in [-0.4, -0.2) is 28.9 Å². The molecule has 0 aliphatic rings. The topological polar surface area (TPSA) is 84.9 Å². The number of hydroxylamine groups is 1. The monoisotopic (exact) mass is 247 g/mol. The lowest BCUT2D eigenvalue weighted by Gasteiger charge is -2.21. The molecule has 17 heavy (non-hydrogen) atoms. The van der Waals surface area contributed by atoms with Crippen molar-refractivity contribution in [3.63, 3.8) is 0 Å². The standard InChI is InChI=1S/C11H21NO5/c1-5-6-8(7-9(13)14)17-12-10(15)16-11(2,3)4/h8H,5-7H2,1-4H3,(H,12,15)(H,13,14). The average Bonchev–Trinajstić information content (AvgIpc) is 2.11. The smallest absolute Gasteiger partial charge is 0.431 e. The number of carbonyl (C=O) groups is 2. The number of hydrogen-bond donors (Lipinski definition) is 2. The molecule has 0 spiro atoms. The highest BCUT2D eigenvalue weighted by Gasteiger charge is 2.19. The second-order valence-electron chi connectivity index (χ2n) is 4.73. The van der Waals surface area contributed by atoms with Gasteiger partial charge in [-0.1, -0.05) is 13.3 Å². The van der Waals surface area contributed by atoms with Crippen molar-refractivity contribution in [2.24, 2.45) is 0 Å². The first kappa shape index (κ1) is 15.7. The third kappa shape index (κ3) is 9.62. The highest BCUT2D eigenvalue weighted by atomic mass is 16.7. The van der Waals surface area contributed by atoms with Gasteiger partial charge in [0.2, 0.25) is 0 Å². The molecule has 0 saturated carbocycles. The van der Waals surface area contributed by atoms with E-state index in [4.69, 9.17) is 14.7 Å². The normalized spacial score (nSPS) is 12.9. The van der Waals surface area contributed by atoms with E-state index in [-0.39, 0.29) is 6.42 Å². The minimum absolute atomic E-state index is 0.149. The van der Waals surface area contributed by atoms with Crippen molar-refractivity contribution in [2.75, 3.05) is 0 Å². The number of carboxylic acids is 1. The molecule has 1 amide bonds. The molecule has 0 aliphatic carbocycles. The Morgan fingerprint density at radius 3 is 2.35 bits per heavy atom. The van der Waals surface area contributed by atoms with Gasteiger partial charge in [-0.25, -0.2) is 4.79 Å². The molecule has 0 aromatic carbocycles. The Morgan fingerprint density at radius 2 is 1.94 bits per heavy atom. The molecule has 0 aliphatic heterocycles. The summed E-state index contributed by atoms with van der Waals surface area (Å²) in [5.41, 5.74) is 1.49. The molecular weight excluding hydrogens is 226 g/mol. The molecule has 0 rings (SSSR count). The fourth-order valence-electron chi connectivity index (χ4n) is 1.15. The lowest BCUT2D eigenvalue weighted by Crippen LogP contribution is -2.35. The SMILES string of the molecule is CCCC(CC(=O)O)ONC(=O)OC(C)(C)C. The van der Waals surface area contributed by atoms with Crippen LogP contribution in [0.15, 0.2) is 0 Å². The van der Waals surface area contributed by atoms with Crippen molar-refractivity contribution < 1.29 is 24.3 Å². The molecule has 1 unspecified atom stereocenters. The predicted octanol–water partition coefficient (Wildman–Crippen LogP) is 2.09. The van der Waals surface area contributed by atoms with E-state index < -0.39 is 23.8 Å². The largest absolute Gasteiger partial charge is 0.481 e. The van der Waals surface area contributed by atoms with Crippen LogP contribution in [0, 0.1) is 0 Å². The minimum Gasteiger partial charge on any atom is -0.481 e. The lowest BCUT2D eigenvalue weighted by atomic mass is 10.1. The zero-order valence-corrected chi connectivity index (χ0v) is 10.8. The van der Waals surface area contributed by atoms with Gasteiger partial charge in [0, 0.05) is 0 Å². The molecule has 6 heteroatoms. The summed E-state index contributed by atoms with van der Waals surface area (Å²) in [6, 6.07) is 0. The molecular formula is C11H21NO5. The van der Waals surface area contributed by atoms with E-state index in [0.717, 1.165) is 6.42 Å². The third-order valence-electron chi connectivity index (χ3n) is 1.72. The van der Waals surface area contributed by atoms with Crippen LogP contribution in [0.5, 0.6) is 0 Å². The highest BCUT2D eigenvalue weighted by molar-refractivity contribution is 5.68. The van der Waals surface area contributed by atoms with Crippen molar-refractivity contribution in [3.8, 4) is 0 Å². The van der Waals surface area contributed by atoms with Gasteiger partial charge in [0.1, 0.15) is 5.60 Å². The van der Waals surface area contributed by atoms with Crippen molar-refractivity contribution in [2.45, 2.75) is 58.7 Å². The van der Waals surface area contributed by atoms with Crippen molar-refractivity contribution >= 4 is 12.1 Å². The number of ether oxygens (including phenoxy) is 1. The molecule has 100 valence electrons.